The molecule has 0 aliphatic carbocycles. The minimum atomic E-state index is -3.53. The minimum absolute atomic E-state index is 0.0308. The number of rotatable bonds is 14. The molecule has 0 spiro atoms. The molecule has 25 heteroatoms. The van der Waals surface area contributed by atoms with E-state index in [2.05, 4.69) is 51.3 Å². The van der Waals surface area contributed by atoms with Gasteiger partial charge in [0.25, 0.3) is 0 Å². The largest absolute Gasteiger partial charge is 0.454 e. The van der Waals surface area contributed by atoms with E-state index in [9.17, 15) is 29.6 Å². The van der Waals surface area contributed by atoms with Crippen molar-refractivity contribution < 1.29 is 58.1 Å². The Labute approximate surface area is 494 Å². The van der Waals surface area contributed by atoms with Gasteiger partial charge < -0.3 is 43.3 Å². The zero-order valence-electron chi connectivity index (χ0n) is 45.7. The van der Waals surface area contributed by atoms with Gasteiger partial charge in [-0.25, -0.2) is 49.1 Å². The number of halogens is 3. The maximum Gasteiger partial charge on any atom is 0.240 e. The van der Waals surface area contributed by atoms with Gasteiger partial charge >= 0.3 is 0 Å². The topological polar surface area (TPSA) is 244 Å². The van der Waals surface area contributed by atoms with Crippen LogP contribution in [-0.2, 0) is 76.2 Å². The van der Waals surface area contributed by atoms with Gasteiger partial charge in [-0.3, -0.25) is 0 Å². The zero-order chi connectivity index (χ0) is 59.2. The Hall–Kier alpha value is -6.84. The molecule has 0 atom stereocenters. The third-order valence-electron chi connectivity index (χ3n) is 12.6. The van der Waals surface area contributed by atoms with Crippen LogP contribution in [0.2, 0.25) is 0 Å². The van der Waals surface area contributed by atoms with Gasteiger partial charge in [-0.1, -0.05) is 53.2 Å². The molecule has 0 radical (unpaired) electrons. The number of nitrogens with two attached hydrogens (primary N) is 1. The van der Waals surface area contributed by atoms with Crippen LogP contribution in [-0.4, -0.2) is 84.6 Å². The molecule has 19 nitrogen and oxygen atoms in total. The second-order valence-corrected chi connectivity index (χ2v) is 26.1. The molecule has 4 N–H and O–H groups in total. The number of benzene rings is 6. The van der Waals surface area contributed by atoms with E-state index in [1.807, 2.05) is 109 Å². The summed E-state index contributed by atoms with van der Waals surface area (Å²) < 4.78 is 124. The number of fused-ring (bicyclic) bond motifs is 3. The summed E-state index contributed by atoms with van der Waals surface area (Å²) >= 11 is 6.38. The van der Waals surface area contributed by atoms with Gasteiger partial charge in [-0.2, -0.15) is 0 Å². The molecular weight excluding hydrogens is 1250 g/mol. The van der Waals surface area contributed by atoms with Gasteiger partial charge in [0.2, 0.25) is 40.4 Å². The van der Waals surface area contributed by atoms with Gasteiger partial charge in [0.1, 0.15) is 5.82 Å². The highest BCUT2D eigenvalue weighted by Gasteiger charge is 2.20. The van der Waals surface area contributed by atoms with E-state index < -0.39 is 35.7 Å². The van der Waals surface area contributed by atoms with Crippen LogP contribution in [0.4, 0.5) is 4.39 Å². The number of hydrogen-bond donors (Lipinski definition) is 3. The molecule has 82 heavy (non-hydrogen) atoms. The molecule has 11 rings (SSSR count). The number of hydrogen-bond acceptors (Lipinski definition) is 15. The lowest BCUT2D eigenvalue weighted by Crippen LogP contribution is -2.18. The van der Waals surface area contributed by atoms with Crippen LogP contribution in [0.15, 0.2) is 158 Å². The molecule has 0 fully saturated rings. The summed E-state index contributed by atoms with van der Waals surface area (Å²) in [7, 11) is -3.64. The van der Waals surface area contributed by atoms with Crippen molar-refractivity contribution in [3.63, 3.8) is 0 Å². The number of imidazole rings is 2. The highest BCUT2D eigenvalue weighted by atomic mass is 79.9. The number of nitrogens with zero attached hydrogens (tertiary/aromatic N) is 4. The molecule has 0 unspecified atom stereocenters. The van der Waals surface area contributed by atoms with Crippen molar-refractivity contribution in [3.05, 3.63) is 183 Å². The lowest BCUT2D eigenvalue weighted by molar-refractivity contribution is 0.173. The molecule has 436 valence electrons. The predicted octanol–water partition coefficient (Wildman–Crippen LogP) is 9.36. The monoisotopic (exact) mass is 1310 g/mol. The van der Waals surface area contributed by atoms with Crippen molar-refractivity contribution in [2.24, 2.45) is 19.8 Å². The van der Waals surface area contributed by atoms with E-state index >= 15 is 0 Å². The quantitative estimate of drug-likeness (QED) is 0.0918. The SMILES string of the molecule is CCS(=O)(=O)c1ccc(CCc2ccc3c(c2)OCO3)c(Br)c1.CNS(=O)(=O)c1ccc(CCc2ccc3c(c2)OCO3)c(-c2cn(C)cn2)c1.CNS(=O)(=O)c1ccc(F)c(Br)c1.Cc1cn(C)cn1.NCc1ccc2c(c1)OCO2. The maximum atomic E-state index is 12.7. The first kappa shape index (κ1) is 62.8. The second kappa shape index (κ2) is 28.4. The number of ether oxygens (including phenoxy) is 6. The number of aryl methyl sites for hydroxylation is 7. The summed E-state index contributed by atoms with van der Waals surface area (Å²) in [6.45, 7) is 5.01. The molecule has 5 heterocycles. The van der Waals surface area contributed by atoms with E-state index in [0.717, 1.165) is 115 Å². The predicted molar refractivity (Wildman–Crippen MR) is 315 cm³/mol. The Kier molecular flexibility index (Phi) is 21.8. The van der Waals surface area contributed by atoms with Crippen LogP contribution >= 0.6 is 31.9 Å². The van der Waals surface area contributed by atoms with Gasteiger partial charge in [-0.15, -0.1) is 0 Å². The molecule has 0 bridgehead atoms. The average Bonchev–Trinajstić information content (AvgIpc) is 4.48. The average molecular weight is 1310 g/mol. The van der Waals surface area contributed by atoms with Gasteiger partial charge in [-0.05, 0) is 169 Å². The lowest BCUT2D eigenvalue weighted by atomic mass is 9.98. The van der Waals surface area contributed by atoms with Crippen LogP contribution in [0, 0.1) is 12.7 Å². The molecule has 6 aromatic carbocycles. The van der Waals surface area contributed by atoms with Crippen molar-refractivity contribution in [2.75, 3.05) is 40.2 Å². The van der Waals surface area contributed by atoms with Gasteiger partial charge in [0, 0.05) is 43.1 Å². The first-order valence-electron chi connectivity index (χ1n) is 25.4. The lowest BCUT2D eigenvalue weighted by Gasteiger charge is -2.11. The highest BCUT2D eigenvalue weighted by Crippen LogP contribution is 2.36. The van der Waals surface area contributed by atoms with E-state index in [4.69, 9.17) is 34.2 Å². The fraction of sp³-hybridized carbons (Fsp3) is 0.263. The second-order valence-electron chi connectivity index (χ2n) is 18.3. The Morgan fingerprint density at radius 1 is 0.549 bits per heavy atom. The summed E-state index contributed by atoms with van der Waals surface area (Å²) in [5, 5.41) is 0. The standard InChI is InChI=1S/C20H21N3O4S.C17H17BrO4S.C8H9NO2.C7H7BrFNO2S.C5H8N2/c1-21-28(24,25)16-7-6-15(17(10-16)18-11-23(2)12-22-18)5-3-14-4-8-19-20(9-14)27-13-26-19;1-2-23(19,20)14-7-6-13(15(18)10-14)5-3-12-4-8-16-17(9-12)22-11-21-16;9-4-6-1-2-7-8(3-6)11-5-10-7;1-10-13(11,12)5-2-3-7(9)6(8)4-5;1-5-3-7(2)4-6-5/h4,6-12,21H,3,5,13H2,1-2H3;4,6-10H,2-3,5,11H2,1H3;1-3H,4-5,9H2;2-4,10H,1H3;3-4H,1-2H3. The van der Waals surface area contributed by atoms with Gasteiger partial charge in [0.15, 0.2) is 44.3 Å². The molecule has 0 saturated heterocycles. The third kappa shape index (κ3) is 16.9. The summed E-state index contributed by atoms with van der Waals surface area (Å²) in [4.78, 5) is 9.00. The van der Waals surface area contributed by atoms with Crippen molar-refractivity contribution in [1.29, 1.82) is 0 Å². The summed E-state index contributed by atoms with van der Waals surface area (Å²) in [5.41, 5.74) is 13.5. The Balaban J connectivity index is 0.000000159. The normalized spacial score (nSPS) is 12.7. The molecular formula is C57H62Br2FN7O12S3. The van der Waals surface area contributed by atoms with Crippen LogP contribution in [0.3, 0.4) is 0 Å². The first-order chi connectivity index (χ1) is 39.1. The fourth-order valence-electron chi connectivity index (χ4n) is 8.06. The molecule has 2 aromatic heterocycles. The molecule has 0 amide bonds. The zero-order valence-corrected chi connectivity index (χ0v) is 51.3. The van der Waals surface area contributed by atoms with Crippen molar-refractivity contribution in [1.82, 2.24) is 28.5 Å². The minimum Gasteiger partial charge on any atom is -0.454 e. The number of nitrogens with one attached hydrogen (secondary N) is 2. The summed E-state index contributed by atoms with van der Waals surface area (Å²) in [6, 6.07) is 31.5. The number of sulfonamides is 2. The molecule has 0 saturated carbocycles. The summed E-state index contributed by atoms with van der Waals surface area (Å²) in [5.74, 6) is 4.31. The Morgan fingerprint density at radius 2 is 1.00 bits per heavy atom. The summed E-state index contributed by atoms with van der Waals surface area (Å²) in [6.07, 6.45) is 10.5. The van der Waals surface area contributed by atoms with E-state index in [1.54, 1.807) is 43.8 Å². The van der Waals surface area contributed by atoms with Crippen LogP contribution in [0.1, 0.15) is 40.4 Å². The van der Waals surface area contributed by atoms with Gasteiger partial charge in [0.05, 0.1) is 49.0 Å². The van der Waals surface area contributed by atoms with E-state index in [0.29, 0.717) is 18.2 Å². The number of sulfone groups is 1. The smallest absolute Gasteiger partial charge is 0.240 e. The molecule has 3 aliphatic heterocycles. The van der Waals surface area contributed by atoms with Crippen LogP contribution in [0.25, 0.3) is 11.3 Å². The highest BCUT2D eigenvalue weighted by molar-refractivity contribution is 9.10. The van der Waals surface area contributed by atoms with Crippen molar-refractivity contribution >= 4 is 61.7 Å². The Morgan fingerprint density at radius 3 is 1.45 bits per heavy atom. The van der Waals surface area contributed by atoms with Crippen LogP contribution < -0.4 is 43.6 Å². The molecule has 8 aromatic rings. The number of aromatic nitrogens is 4. The van der Waals surface area contributed by atoms with Crippen molar-refractivity contribution in [3.8, 4) is 45.8 Å². The van der Waals surface area contributed by atoms with Crippen LogP contribution in [0.5, 0.6) is 34.5 Å². The third-order valence-corrected chi connectivity index (χ3v) is 18.5. The first-order valence-corrected chi connectivity index (χ1v) is 31.6. The Bertz CT molecular complexity index is 3850. The van der Waals surface area contributed by atoms with E-state index in [1.165, 1.54) is 26.2 Å². The fourth-order valence-corrected chi connectivity index (χ4v) is 11.7. The molecule has 3 aliphatic rings. The maximum absolute atomic E-state index is 12.7. The van der Waals surface area contributed by atoms with Crippen molar-refractivity contribution in [2.45, 2.75) is 60.8 Å². The van der Waals surface area contributed by atoms with E-state index in [-0.39, 0.29) is 33.6 Å².